The summed E-state index contributed by atoms with van der Waals surface area (Å²) < 4.78 is 138. The van der Waals surface area contributed by atoms with Gasteiger partial charge in [0.1, 0.15) is 33.8 Å². The van der Waals surface area contributed by atoms with Crippen LogP contribution in [0.15, 0.2) is 94.6 Å². The topological polar surface area (TPSA) is 300 Å². The van der Waals surface area contributed by atoms with Crippen LogP contribution in [0.2, 0.25) is 0 Å². The normalized spacial score (nSPS) is 26.4. The molecule has 3 aliphatic heterocycles. The average molecular weight is 1470 g/mol. The third kappa shape index (κ3) is 15.3. The molecule has 0 spiro atoms. The molecule has 4 aliphatic carbocycles. The minimum absolute atomic E-state index is 0.00728. The van der Waals surface area contributed by atoms with Crippen LogP contribution in [-0.2, 0) is 40.7 Å². The summed E-state index contributed by atoms with van der Waals surface area (Å²) in [5.41, 5.74) is 16.1. The molecule has 3 aromatic carbocycles. The Labute approximate surface area is 592 Å². The Hall–Kier alpha value is -9.27. The van der Waals surface area contributed by atoms with E-state index in [0.29, 0.717) is 29.1 Å². The molecule has 1 unspecified atom stereocenters. The fourth-order valence-electron chi connectivity index (χ4n) is 13.4. The number of hydrogen-bond donors (Lipinski definition) is 4. The van der Waals surface area contributed by atoms with Crippen LogP contribution in [0.1, 0.15) is 138 Å². The van der Waals surface area contributed by atoms with Gasteiger partial charge in [0.05, 0.1) is 58.5 Å². The van der Waals surface area contributed by atoms with Gasteiger partial charge in [0, 0.05) is 64.5 Å². The lowest BCUT2D eigenvalue weighted by atomic mass is 9.84. The van der Waals surface area contributed by atoms with Crippen LogP contribution in [0, 0.1) is 71.5 Å². The van der Waals surface area contributed by atoms with Gasteiger partial charge in [-0.15, -0.1) is 12.8 Å². The lowest BCUT2D eigenvalue weighted by Crippen LogP contribution is -2.44. The first-order valence-electron chi connectivity index (χ1n) is 31.9. The van der Waals surface area contributed by atoms with Crippen molar-refractivity contribution in [2.75, 3.05) is 19.8 Å². The number of aromatic nitrogens is 6. The van der Waals surface area contributed by atoms with Crippen LogP contribution in [0.25, 0.3) is 0 Å². The molecular weight excluding hydrogens is 1400 g/mol. The SMILES string of the molecule is C#CCOc1cnc(C(=O)Cc2cc(F)c(F)c([C@@]3(C)N=C(N)S[C@@]4(C(C)F)C[C@@H]34)c2)cn1.C#CCOc1cnc(C(=O)Cc2cc(F)c(F)c([C@@]3(C)N=C(N)S[C@@]4(CC)C[C@H]43)c2)cn1.C[C@]1(c2cc(CC(=O)c3cnc(OCC(F)(F)F)cn3)ccc2F)N=C(N)S[C@@]2(C(=O)NC3CC3)C[C@H]21. The molecule has 3 aromatic heterocycles. The number of carbonyl (C=O) groups excluding carboxylic acids is 4. The van der Waals surface area contributed by atoms with Crippen molar-refractivity contribution in [3.63, 3.8) is 0 Å². The molecule has 20 nitrogen and oxygen atoms in total. The molecule has 0 radical (unpaired) electrons. The Morgan fingerprint density at radius 1 is 0.588 bits per heavy atom. The lowest BCUT2D eigenvalue weighted by Gasteiger charge is -2.35. The second-order valence-electron chi connectivity index (χ2n) is 26.1. The molecule has 4 fully saturated rings. The van der Waals surface area contributed by atoms with Gasteiger partial charge in [-0.2, -0.15) is 13.2 Å². The molecule has 10 atom stereocenters. The summed E-state index contributed by atoms with van der Waals surface area (Å²) in [6, 6.07) is 9.31. The van der Waals surface area contributed by atoms with E-state index >= 15 is 4.39 Å². The number of halogens is 9. The predicted octanol–water partition coefficient (Wildman–Crippen LogP) is 10.5. The average Bonchev–Trinajstić information content (AvgIpc) is 1.54. The summed E-state index contributed by atoms with van der Waals surface area (Å²) in [5.74, 6) is -2.14. The van der Waals surface area contributed by atoms with E-state index in [-0.39, 0.29) is 140 Å². The molecule has 13 rings (SSSR count). The summed E-state index contributed by atoms with van der Waals surface area (Å²) in [6.45, 7) is 7.15. The van der Waals surface area contributed by atoms with Gasteiger partial charge in [-0.1, -0.05) is 60.1 Å². The minimum Gasteiger partial charge on any atom is -0.467 e. The summed E-state index contributed by atoms with van der Waals surface area (Å²) in [5, 5.41) is 3.71. The largest absolute Gasteiger partial charge is 0.467 e. The van der Waals surface area contributed by atoms with E-state index in [1.54, 1.807) is 20.8 Å². The number of fused-ring (bicyclic) bond motifs is 3. The number of ether oxygens (including phenoxy) is 3. The number of amidine groups is 3. The number of carbonyl (C=O) groups is 4. The maximum absolute atomic E-state index is 15.1. The number of nitrogens with two attached hydrogens (primary N) is 3. The first kappa shape index (κ1) is 73.9. The first-order chi connectivity index (χ1) is 48.2. The Balaban J connectivity index is 0.000000154. The number of terminal acetylenes is 2. The van der Waals surface area contributed by atoms with Gasteiger partial charge in [0.2, 0.25) is 23.5 Å². The maximum atomic E-state index is 15.1. The van der Waals surface area contributed by atoms with Gasteiger partial charge in [0.25, 0.3) is 0 Å². The van der Waals surface area contributed by atoms with E-state index in [2.05, 4.69) is 73.7 Å². The van der Waals surface area contributed by atoms with E-state index in [1.807, 2.05) is 0 Å². The second kappa shape index (κ2) is 28.5. The fourth-order valence-corrected chi connectivity index (χ4v) is 17.6. The third-order valence-corrected chi connectivity index (χ3v) is 23.3. The standard InChI is InChI=1S/C24H23F4N5O3S.C23H21F3N4O2S.C23H22F2N4O2S/c1-22(18-8-23(18,37-21(29)33-22)20(35)32-13-3-4-13)14-6-12(2-5-15(14)25)7-17(34)16-9-31-19(10-30-16)36-11-24(26,27)28;1-4-5-32-19-11-28-16(10-29-19)17(31)8-13-6-14(20(26)15(25)7-13)22(3)18-9-23(18,12(2)24)33-21(27)30-22;1-4-6-31-19-12-27-16(11-28-19)17(30)9-13-7-14(20(25)15(24)8-13)22(3)18-10-23(18,5-2)32-21(26)29-22/h2,5-6,9-10,13,18H,3-4,7-8,11H2,1H3,(H2,29,33)(H,32,35);1,6-7,10-12,18H,5,8-9H2,2-3H3,(H2,27,30);1,7-8,11-12,18H,5-6,9-10H2,2-3H3,(H2,26,29)/t18-,22+,23-;12?,18-,22+,23+;18-,22+,23-/m000/s1. The third-order valence-electron chi connectivity index (χ3n) is 19.1. The van der Waals surface area contributed by atoms with E-state index in [1.165, 1.54) is 85.6 Å². The molecule has 7 N–H and O–H groups in total. The molecule has 0 bridgehead atoms. The van der Waals surface area contributed by atoms with Crippen LogP contribution in [-0.4, -0.2) is 121 Å². The van der Waals surface area contributed by atoms with E-state index in [9.17, 15) is 54.3 Å². The highest BCUT2D eigenvalue weighted by molar-refractivity contribution is 8.16. The van der Waals surface area contributed by atoms with E-state index in [0.717, 1.165) is 62.0 Å². The first-order valence-corrected chi connectivity index (χ1v) is 34.4. The monoisotopic (exact) mass is 1470 g/mol. The smallest absolute Gasteiger partial charge is 0.422 e. The van der Waals surface area contributed by atoms with Gasteiger partial charge in [-0.3, -0.25) is 34.2 Å². The quantitative estimate of drug-likeness (QED) is 0.0279. The Morgan fingerprint density at radius 3 is 1.49 bits per heavy atom. The number of rotatable bonds is 22. The molecule has 4 saturated carbocycles. The van der Waals surface area contributed by atoms with Crippen LogP contribution < -0.4 is 36.7 Å². The number of ketones is 3. The van der Waals surface area contributed by atoms with Crippen LogP contribution >= 0.6 is 35.3 Å². The lowest BCUT2D eigenvalue weighted by molar-refractivity contribution is -0.154. The maximum Gasteiger partial charge on any atom is 0.422 e. The van der Waals surface area contributed by atoms with Crippen molar-refractivity contribution in [2.45, 2.75) is 142 Å². The van der Waals surface area contributed by atoms with E-state index < -0.39 is 85.7 Å². The number of benzene rings is 3. The van der Waals surface area contributed by atoms with E-state index in [4.69, 9.17) is 39.5 Å². The zero-order valence-corrected chi connectivity index (χ0v) is 57.7. The van der Waals surface area contributed by atoms with Crippen LogP contribution in [0.3, 0.4) is 0 Å². The van der Waals surface area contributed by atoms with Crippen molar-refractivity contribution in [3.8, 4) is 42.3 Å². The molecule has 0 saturated heterocycles. The molecule has 7 aliphatic rings. The summed E-state index contributed by atoms with van der Waals surface area (Å²) in [4.78, 5) is 88.1. The van der Waals surface area contributed by atoms with Crippen molar-refractivity contribution in [3.05, 3.63) is 159 Å². The highest BCUT2D eigenvalue weighted by Crippen LogP contribution is 2.70. The van der Waals surface area contributed by atoms with Crippen LogP contribution in [0.4, 0.5) is 39.5 Å². The van der Waals surface area contributed by atoms with Gasteiger partial charge in [0.15, 0.2) is 75.9 Å². The zero-order chi connectivity index (χ0) is 73.6. The van der Waals surface area contributed by atoms with Crippen molar-refractivity contribution < 1.29 is 72.9 Å². The van der Waals surface area contributed by atoms with Gasteiger partial charge >= 0.3 is 6.18 Å². The number of nitrogens with zero attached hydrogens (tertiary/aromatic N) is 9. The van der Waals surface area contributed by atoms with Crippen molar-refractivity contribution in [1.82, 2.24) is 35.2 Å². The number of hydrogen-bond acceptors (Lipinski definition) is 22. The summed E-state index contributed by atoms with van der Waals surface area (Å²) in [6.07, 6.45) is 15.4. The summed E-state index contributed by atoms with van der Waals surface area (Å²) in [7, 11) is 0. The number of nitrogens with one attached hydrogen (secondary N) is 1. The fraction of sp³-hybridized carbons (Fsp3) is 0.414. The Morgan fingerprint density at radius 2 is 1.04 bits per heavy atom. The van der Waals surface area contributed by atoms with Crippen molar-refractivity contribution in [1.29, 1.82) is 0 Å². The van der Waals surface area contributed by atoms with Crippen molar-refractivity contribution in [2.24, 2.45) is 49.9 Å². The van der Waals surface area contributed by atoms with Crippen molar-refractivity contribution >= 4 is 74.0 Å². The number of Topliss-reactive ketones (excluding diaryl/α,β-unsaturated/α-hetero) is 3. The van der Waals surface area contributed by atoms with Gasteiger partial charge < -0.3 is 36.7 Å². The Kier molecular flexibility index (Phi) is 20.7. The molecule has 1 amide bonds. The second-order valence-corrected chi connectivity index (χ2v) is 30.3. The molecular formula is C70H66F9N13O7S3. The molecule has 6 heterocycles. The molecule has 6 aromatic rings. The van der Waals surface area contributed by atoms with Gasteiger partial charge in [-0.25, -0.2) is 56.2 Å². The number of thioether (sulfide) groups is 3. The number of aliphatic imine (C=N–C) groups is 3. The number of amides is 1. The Bertz CT molecular complexity index is 4510. The highest BCUT2D eigenvalue weighted by atomic mass is 32.2. The molecule has 102 heavy (non-hydrogen) atoms. The van der Waals surface area contributed by atoms with Gasteiger partial charge in [-0.05, 0) is 119 Å². The number of alkyl halides is 4. The predicted molar refractivity (Wildman–Crippen MR) is 364 cm³/mol. The zero-order valence-electron chi connectivity index (χ0n) is 55.3. The molecule has 534 valence electrons. The summed E-state index contributed by atoms with van der Waals surface area (Å²) >= 11 is 3.86. The minimum atomic E-state index is -4.53. The molecule has 32 heteroatoms. The highest BCUT2D eigenvalue weighted by Gasteiger charge is 2.72. The van der Waals surface area contributed by atoms with Crippen LogP contribution in [0.5, 0.6) is 17.6 Å².